The number of pyridine rings is 1. The number of guanidine groups is 1. The van der Waals surface area contributed by atoms with Crippen molar-refractivity contribution >= 4 is 21.7 Å². The molecule has 4 rings (SSSR count). The number of hydrogen-bond donors (Lipinski definition) is 2. The fourth-order valence-electron chi connectivity index (χ4n) is 2.83. The summed E-state index contributed by atoms with van der Waals surface area (Å²) in [4.78, 5) is 3.55. The van der Waals surface area contributed by atoms with Gasteiger partial charge in [0.1, 0.15) is 28.2 Å². The van der Waals surface area contributed by atoms with Gasteiger partial charge >= 0.3 is 0 Å². The molecule has 1 aromatic heterocycles. The molecule has 0 saturated carbocycles. The summed E-state index contributed by atoms with van der Waals surface area (Å²) >= 11 is 0. The van der Waals surface area contributed by atoms with Crippen LogP contribution in [0.15, 0.2) is 64.0 Å². The van der Waals surface area contributed by atoms with E-state index in [2.05, 4.69) is 20.0 Å². The van der Waals surface area contributed by atoms with Gasteiger partial charge in [0, 0.05) is 6.20 Å². The van der Waals surface area contributed by atoms with Crippen LogP contribution in [0.2, 0.25) is 0 Å². The zero-order chi connectivity index (χ0) is 22.0. The van der Waals surface area contributed by atoms with Gasteiger partial charge in [0.15, 0.2) is 11.6 Å². The Bertz CT molecular complexity index is 1350. The maximum Gasteiger partial charge on any atom is 0.287 e. The quantitative estimate of drug-likeness (QED) is 0.638. The summed E-state index contributed by atoms with van der Waals surface area (Å²) in [7, 11) is -4.22. The highest BCUT2D eigenvalue weighted by Crippen LogP contribution is 2.40. The van der Waals surface area contributed by atoms with Gasteiger partial charge in [-0.25, -0.2) is 8.78 Å². The van der Waals surface area contributed by atoms with Gasteiger partial charge in [0.2, 0.25) is 5.96 Å². The number of nitrogens with one attached hydrogen (secondary N) is 2. The van der Waals surface area contributed by atoms with Crippen molar-refractivity contribution in [3.63, 3.8) is 0 Å². The van der Waals surface area contributed by atoms with E-state index in [0.717, 1.165) is 12.1 Å². The minimum atomic E-state index is -4.22. The fourth-order valence-corrected chi connectivity index (χ4v) is 3.92. The van der Waals surface area contributed by atoms with Crippen LogP contribution in [0.5, 0.6) is 11.5 Å². The highest BCUT2D eigenvalue weighted by molar-refractivity contribution is 7.90. The molecule has 2 N–H and O–H groups in total. The minimum Gasteiger partial charge on any atom is -0.451 e. The Morgan fingerprint density at radius 1 is 1.10 bits per heavy atom. The van der Waals surface area contributed by atoms with Crippen molar-refractivity contribution in [3.05, 3.63) is 77.6 Å². The van der Waals surface area contributed by atoms with E-state index in [4.69, 9.17) is 4.74 Å². The molecule has 0 unspecified atom stereocenters. The fraction of sp³-hybridized carbons (Fsp3) is 0.0500. The number of rotatable bonds is 4. The second kappa shape index (κ2) is 8.00. The Balaban J connectivity index is 1.70. The molecular weight excluding hydrogens is 428 g/mol. The van der Waals surface area contributed by atoms with Crippen molar-refractivity contribution in [2.45, 2.75) is 11.4 Å². The molecule has 2 aromatic carbocycles. The molecule has 8 nitrogen and oxygen atoms in total. The predicted octanol–water partition coefficient (Wildman–Crippen LogP) is 3.28. The van der Waals surface area contributed by atoms with Gasteiger partial charge in [-0.15, -0.1) is 4.40 Å². The van der Waals surface area contributed by atoms with Crippen LogP contribution in [-0.4, -0.2) is 19.4 Å². The van der Waals surface area contributed by atoms with Crippen molar-refractivity contribution < 1.29 is 21.9 Å². The average Bonchev–Trinajstić information content (AvgIpc) is 2.75. The van der Waals surface area contributed by atoms with Gasteiger partial charge in [-0.2, -0.15) is 13.7 Å². The Labute approximate surface area is 175 Å². The van der Waals surface area contributed by atoms with Crippen LogP contribution in [0, 0.1) is 23.0 Å². The number of benzene rings is 2. The van der Waals surface area contributed by atoms with Crippen molar-refractivity contribution in [1.82, 2.24) is 10.3 Å². The normalized spacial score (nSPS) is 13.9. The van der Waals surface area contributed by atoms with Crippen LogP contribution in [0.25, 0.3) is 0 Å². The lowest BCUT2D eigenvalue weighted by Crippen LogP contribution is -2.35. The first-order valence-corrected chi connectivity index (χ1v) is 10.3. The maximum atomic E-state index is 14.6. The maximum absolute atomic E-state index is 14.6. The van der Waals surface area contributed by atoms with Gasteiger partial charge in [-0.05, 0) is 36.4 Å². The first kappa shape index (κ1) is 20.2. The topological polar surface area (TPSA) is 116 Å². The lowest BCUT2D eigenvalue weighted by atomic mass is 10.2. The molecule has 0 spiro atoms. The number of fused-ring (bicyclic) bond motifs is 1. The van der Waals surface area contributed by atoms with Gasteiger partial charge in [-0.3, -0.25) is 4.98 Å². The Morgan fingerprint density at radius 3 is 2.68 bits per heavy atom. The van der Waals surface area contributed by atoms with Crippen molar-refractivity contribution in [2.24, 2.45) is 4.40 Å². The first-order chi connectivity index (χ1) is 14.9. The summed E-state index contributed by atoms with van der Waals surface area (Å²) in [5.74, 6) is -2.09. The van der Waals surface area contributed by atoms with E-state index in [-0.39, 0.29) is 40.1 Å². The number of ether oxygens (including phenoxy) is 1. The predicted molar refractivity (Wildman–Crippen MR) is 107 cm³/mol. The van der Waals surface area contributed by atoms with Crippen LogP contribution in [0.3, 0.4) is 0 Å². The number of hydrogen-bond acceptors (Lipinski definition) is 7. The number of para-hydroxylation sites is 1. The Kier molecular flexibility index (Phi) is 5.22. The van der Waals surface area contributed by atoms with Crippen molar-refractivity contribution in [2.75, 3.05) is 5.32 Å². The average molecular weight is 441 g/mol. The summed E-state index contributed by atoms with van der Waals surface area (Å²) in [5.41, 5.74) is -0.0311. The van der Waals surface area contributed by atoms with E-state index in [0.29, 0.717) is 0 Å². The lowest BCUT2D eigenvalue weighted by molar-refractivity contribution is 0.441. The molecule has 0 atom stereocenters. The van der Waals surface area contributed by atoms with Gasteiger partial charge in [0.05, 0.1) is 17.8 Å². The molecular formula is C20H13F2N5O3S. The number of anilines is 1. The molecule has 1 aliphatic heterocycles. The highest BCUT2D eigenvalue weighted by atomic mass is 32.2. The number of halogens is 2. The largest absolute Gasteiger partial charge is 0.451 e. The summed E-state index contributed by atoms with van der Waals surface area (Å²) < 4.78 is 62.8. The van der Waals surface area contributed by atoms with Gasteiger partial charge in [-0.1, -0.05) is 12.1 Å². The molecule has 0 amide bonds. The molecule has 11 heteroatoms. The second-order valence-electron chi connectivity index (χ2n) is 6.29. The van der Waals surface area contributed by atoms with E-state index < -0.39 is 27.4 Å². The van der Waals surface area contributed by atoms with Crippen LogP contribution in [0.1, 0.15) is 11.3 Å². The monoisotopic (exact) mass is 441 g/mol. The van der Waals surface area contributed by atoms with Crippen molar-refractivity contribution in [3.8, 4) is 17.6 Å². The molecule has 0 saturated heterocycles. The molecule has 156 valence electrons. The van der Waals surface area contributed by atoms with E-state index in [1.54, 1.807) is 12.1 Å². The number of nitriles is 1. The molecule has 3 aromatic rings. The highest BCUT2D eigenvalue weighted by Gasteiger charge is 2.30. The molecule has 1 aliphatic rings. The number of nitrogens with zero attached hydrogens (tertiary/aromatic N) is 3. The standard InChI is InChI=1S/C20H13F2N5O3S/c21-13-5-3-9-24-15(13)11-25-20-26-18-17(31(28,29)27-20)8-7-14(22)19(18)30-16-6-2-1-4-12(16)10-23/h1-9H,11H2,(H2,25,26,27). The minimum absolute atomic E-state index is 0.0360. The third-order valence-electron chi connectivity index (χ3n) is 4.28. The number of aromatic nitrogens is 1. The van der Waals surface area contributed by atoms with E-state index >= 15 is 0 Å². The van der Waals surface area contributed by atoms with E-state index in [1.807, 2.05) is 6.07 Å². The number of sulfonamides is 1. The summed E-state index contributed by atoms with van der Waals surface area (Å²) in [6.45, 7) is -0.174. The zero-order valence-electron chi connectivity index (χ0n) is 15.6. The van der Waals surface area contributed by atoms with Gasteiger partial charge in [0.25, 0.3) is 10.0 Å². The third kappa shape index (κ3) is 4.01. The molecule has 2 heterocycles. The lowest BCUT2D eigenvalue weighted by Gasteiger charge is -2.22. The van der Waals surface area contributed by atoms with Crippen molar-refractivity contribution in [1.29, 1.82) is 5.26 Å². The van der Waals surface area contributed by atoms with E-state index in [9.17, 15) is 22.5 Å². The van der Waals surface area contributed by atoms with Crippen LogP contribution in [-0.2, 0) is 16.6 Å². The van der Waals surface area contributed by atoms with E-state index in [1.165, 1.54) is 30.5 Å². The van der Waals surface area contributed by atoms with Crippen LogP contribution in [0.4, 0.5) is 14.5 Å². The first-order valence-electron chi connectivity index (χ1n) is 8.84. The summed E-state index contributed by atoms with van der Waals surface area (Å²) in [6.07, 6.45) is 1.39. The molecule has 0 aliphatic carbocycles. The summed E-state index contributed by atoms with van der Waals surface area (Å²) in [5, 5.41) is 14.5. The Hall–Kier alpha value is -4.04. The zero-order valence-corrected chi connectivity index (χ0v) is 16.5. The molecule has 31 heavy (non-hydrogen) atoms. The molecule has 0 bridgehead atoms. The Morgan fingerprint density at radius 2 is 1.90 bits per heavy atom. The SMILES string of the molecule is N#Cc1ccccc1Oc1c(F)ccc2c1NC(NCc1ncccc1F)=NS2(=O)=O. The third-order valence-corrected chi connectivity index (χ3v) is 5.60. The molecule has 0 fully saturated rings. The van der Waals surface area contributed by atoms with Crippen LogP contribution >= 0.6 is 0 Å². The molecule has 0 radical (unpaired) electrons. The van der Waals surface area contributed by atoms with Gasteiger partial charge < -0.3 is 15.4 Å². The second-order valence-corrected chi connectivity index (χ2v) is 7.86. The smallest absolute Gasteiger partial charge is 0.287 e. The summed E-state index contributed by atoms with van der Waals surface area (Å²) in [6, 6.07) is 12.6. The van der Waals surface area contributed by atoms with Crippen LogP contribution < -0.4 is 15.4 Å².